The largest absolute Gasteiger partial charge is 0.481 e. The van der Waals surface area contributed by atoms with Crippen molar-refractivity contribution in [1.29, 1.82) is 0 Å². The van der Waals surface area contributed by atoms with Crippen LogP contribution in [0.25, 0.3) is 56.0 Å². The molecule has 12 rings (SSSR count). The predicted molar refractivity (Wildman–Crippen MR) is 389 cm³/mol. The summed E-state index contributed by atoms with van der Waals surface area (Å²) in [7, 11) is 4.68. The van der Waals surface area contributed by atoms with Gasteiger partial charge in [-0.25, -0.2) is 41.9 Å². The summed E-state index contributed by atoms with van der Waals surface area (Å²) in [6.07, 6.45) is 5.15. The van der Waals surface area contributed by atoms with Crippen LogP contribution in [0.4, 0.5) is 17.6 Å². The molecule has 6 atom stereocenters. The molecule has 4 aromatic carbocycles. The number of ether oxygens (including phenoxy) is 10. The molecule has 0 radical (unpaired) electrons. The third-order valence-corrected chi connectivity index (χ3v) is 18.5. The zero-order valence-corrected chi connectivity index (χ0v) is 63.6. The predicted octanol–water partition coefficient (Wildman–Crippen LogP) is 12.9. The van der Waals surface area contributed by atoms with Crippen molar-refractivity contribution in [2.75, 3.05) is 87.4 Å². The Bertz CT molecular complexity index is 4710. The number of ketones is 1. The first kappa shape index (κ1) is 81.5. The maximum atomic E-state index is 15.7. The van der Waals surface area contributed by atoms with Gasteiger partial charge >= 0.3 is 23.9 Å². The summed E-state index contributed by atoms with van der Waals surface area (Å²) in [5.41, 5.74) is 8.23. The van der Waals surface area contributed by atoms with Crippen molar-refractivity contribution >= 4 is 61.5 Å². The highest BCUT2D eigenvalue weighted by Crippen LogP contribution is 2.41. The molecule has 31 heteroatoms. The average Bonchev–Trinajstić information content (AvgIpc) is 1.59. The summed E-state index contributed by atoms with van der Waals surface area (Å²) in [5.74, 6) is -4.22. The molecule has 9 aromatic rings. The number of methoxy groups -OCH3 is 3. The molecule has 25 nitrogen and oxygen atoms in total. The number of aliphatic hydroxyl groups is 2. The molecule has 3 aliphatic rings. The standard InChI is InChI=1S/C25H28FN3O5.C24H26FN3O5.C16H16BrFN2O4.C11H10BrFO3/c1-6-34-25(30)18-11-28-29(20-12-33-13-21(20)31-4)23(18)17-8-7-16(9-19(17)26)22-14(2)10-27-24(32-5)15(22)3;1-5-33-24(30)17-10-27-28(19-11-32-12-20(19)29)22(17)16-7-6-15(8-18(16)25)21-13(2)9-26-23(31-4)14(21)3;1-2-24-16(22)11-6-19-20(13-7-23-8-14(13)21)15(11)10-4-3-9(17)5-12(10)18;1-2-16-11(15)6-10(14)8-4-3-7(12)5-9(8)13/h7-11,20-21H,6,12-13H2,1-5H3;6-10,19-20,29H,5,11-12H2,1-4H3;3-6,13-14,21H,2,7-8H2,1H3;3-5H,2,6H2,1H3/t20-,21-;19-,20-;13-,14-;/m111./s1. The van der Waals surface area contributed by atoms with E-state index in [1.165, 1.54) is 65.4 Å². The van der Waals surface area contributed by atoms with Crippen LogP contribution in [0.3, 0.4) is 0 Å². The van der Waals surface area contributed by atoms with Crippen LogP contribution in [0.1, 0.15) is 116 Å². The van der Waals surface area contributed by atoms with Crippen molar-refractivity contribution in [1.82, 2.24) is 39.3 Å². The summed E-state index contributed by atoms with van der Waals surface area (Å²) >= 11 is 6.29. The van der Waals surface area contributed by atoms with E-state index in [1.807, 2.05) is 33.8 Å². The van der Waals surface area contributed by atoms with Gasteiger partial charge in [-0.05, 0) is 149 Å². The molecule has 0 amide bonds. The number of carbonyl (C=O) groups is 5. The van der Waals surface area contributed by atoms with Gasteiger partial charge in [0, 0.05) is 56.3 Å². The topological polar surface area (TPSA) is 297 Å². The van der Waals surface area contributed by atoms with Gasteiger partial charge in [0.05, 0.1) is 122 Å². The van der Waals surface area contributed by atoms with Gasteiger partial charge in [-0.3, -0.25) is 23.6 Å². The van der Waals surface area contributed by atoms with Crippen LogP contribution < -0.4 is 9.47 Å². The molecule has 107 heavy (non-hydrogen) atoms. The number of aromatic nitrogens is 8. The third kappa shape index (κ3) is 18.5. The molecule has 3 saturated heterocycles. The second-order valence-electron chi connectivity index (χ2n) is 24.4. The smallest absolute Gasteiger partial charge is 0.341 e. The minimum absolute atomic E-state index is 0.101. The first-order chi connectivity index (χ1) is 51.3. The zero-order chi connectivity index (χ0) is 77.5. The number of hydrogen-bond acceptors (Lipinski definition) is 22. The number of hydrogen-bond donors (Lipinski definition) is 2. The Hall–Kier alpha value is -9.60. The van der Waals surface area contributed by atoms with E-state index in [0.29, 0.717) is 50.7 Å². The average molecular weight is 1610 g/mol. The summed E-state index contributed by atoms with van der Waals surface area (Å²) in [5, 5.41) is 33.3. The molecule has 8 heterocycles. The number of aliphatic hydroxyl groups excluding tert-OH is 2. The molecule has 2 N–H and O–H groups in total. The molecule has 0 spiro atoms. The molecule has 3 fully saturated rings. The van der Waals surface area contributed by atoms with Gasteiger partial charge in [-0.2, -0.15) is 15.3 Å². The summed E-state index contributed by atoms with van der Waals surface area (Å²) in [6.45, 7) is 16.6. The normalized spacial score (nSPS) is 17.2. The molecule has 3 aliphatic heterocycles. The SMILES string of the molecule is CCOC(=O)CC(=O)c1ccc(Br)cc1F.CCOC(=O)c1cnn([C@@H]2COC[C@H]2O)c1-c1ccc(-c2c(C)cnc(OC)c2C)cc1F.CCOC(=O)c1cnn([C@@H]2COC[C@H]2O)c1-c1ccc(Br)cc1F.CCOC(=O)c1cnn([C@@H]2COC[C@H]2OC)c1-c1ccc(-c2c(C)cnc(OC)c2C)cc1F. The van der Waals surface area contributed by atoms with E-state index in [2.05, 4.69) is 61.9 Å². The van der Waals surface area contributed by atoms with Gasteiger partial charge in [0.2, 0.25) is 11.8 Å². The number of nitrogens with zero attached hydrogens (tertiary/aromatic N) is 8. The lowest BCUT2D eigenvalue weighted by molar-refractivity contribution is -0.142. The Kier molecular flexibility index (Phi) is 28.4. The van der Waals surface area contributed by atoms with Gasteiger partial charge in [-0.1, -0.05) is 44.0 Å². The van der Waals surface area contributed by atoms with Crippen LogP contribution in [0.2, 0.25) is 0 Å². The van der Waals surface area contributed by atoms with Gasteiger partial charge in [0.1, 0.15) is 82.8 Å². The number of carbonyl (C=O) groups excluding carboxylic acids is 5. The number of Topliss-reactive ketones (excluding diaryl/α,β-unsaturated/α-hetero) is 1. The van der Waals surface area contributed by atoms with E-state index in [1.54, 1.807) is 95.4 Å². The monoisotopic (exact) mass is 1610 g/mol. The number of halogens is 6. The van der Waals surface area contributed by atoms with Crippen molar-refractivity contribution in [3.63, 3.8) is 0 Å². The number of rotatable bonds is 21. The lowest BCUT2D eigenvalue weighted by Gasteiger charge is -2.20. The van der Waals surface area contributed by atoms with Crippen LogP contribution in [0, 0.1) is 51.0 Å². The molecule has 0 bridgehead atoms. The quantitative estimate of drug-likeness (QED) is 0.0222. The van der Waals surface area contributed by atoms with Crippen molar-refractivity contribution in [3.05, 3.63) is 181 Å². The Balaban J connectivity index is 0.000000170. The number of aryl methyl sites for hydroxylation is 2. The summed E-state index contributed by atoms with van der Waals surface area (Å²) in [6, 6.07) is 17.0. The van der Waals surface area contributed by atoms with Crippen LogP contribution in [-0.2, 0) is 42.7 Å². The Morgan fingerprint density at radius 2 is 0.850 bits per heavy atom. The lowest BCUT2D eigenvalue weighted by atomic mass is 9.95. The van der Waals surface area contributed by atoms with Gasteiger partial charge < -0.3 is 57.6 Å². The maximum Gasteiger partial charge on any atom is 0.341 e. The maximum absolute atomic E-state index is 15.7. The molecular formula is C76H80Br2F4N8O17. The second kappa shape index (κ2) is 37.3. The number of esters is 4. The first-order valence-corrected chi connectivity index (χ1v) is 35.5. The van der Waals surface area contributed by atoms with Gasteiger partial charge in [0.25, 0.3) is 0 Å². The highest BCUT2D eigenvalue weighted by atomic mass is 79.9. The van der Waals surface area contributed by atoms with Crippen LogP contribution in [0.5, 0.6) is 11.8 Å². The van der Waals surface area contributed by atoms with Gasteiger partial charge in [0.15, 0.2) is 5.78 Å². The van der Waals surface area contributed by atoms with E-state index < -0.39 is 83.6 Å². The van der Waals surface area contributed by atoms with E-state index in [0.717, 1.165) is 33.4 Å². The van der Waals surface area contributed by atoms with Crippen LogP contribution in [-0.4, -0.2) is 185 Å². The molecule has 0 aliphatic carbocycles. The highest BCUT2D eigenvalue weighted by molar-refractivity contribution is 9.10. The van der Waals surface area contributed by atoms with Crippen molar-refractivity contribution < 1.29 is 99.1 Å². The van der Waals surface area contributed by atoms with E-state index in [9.17, 15) is 43.0 Å². The fraction of sp³-hybridized carbons (Fsp3) is 0.368. The number of pyridine rings is 2. The number of benzene rings is 4. The molecule has 5 aromatic heterocycles. The molecule has 0 unspecified atom stereocenters. The van der Waals surface area contributed by atoms with Crippen molar-refractivity contribution in [3.8, 4) is 67.8 Å². The van der Waals surface area contributed by atoms with E-state index in [-0.39, 0.29) is 115 Å². The Labute approximate surface area is 630 Å². The molecule has 568 valence electrons. The fourth-order valence-electron chi connectivity index (χ4n) is 12.5. The Morgan fingerprint density at radius 1 is 0.477 bits per heavy atom. The third-order valence-electron chi connectivity index (χ3n) is 17.5. The highest BCUT2D eigenvalue weighted by Gasteiger charge is 2.38. The first-order valence-electron chi connectivity index (χ1n) is 33.9. The van der Waals surface area contributed by atoms with E-state index >= 15 is 8.78 Å². The lowest BCUT2D eigenvalue weighted by Crippen LogP contribution is -2.26. The molecule has 0 saturated carbocycles. The zero-order valence-electron chi connectivity index (χ0n) is 60.4. The summed E-state index contributed by atoms with van der Waals surface area (Å²) < 4.78 is 117. The van der Waals surface area contributed by atoms with Gasteiger partial charge in [-0.15, -0.1) is 0 Å². The Morgan fingerprint density at radius 3 is 1.21 bits per heavy atom. The second-order valence-corrected chi connectivity index (χ2v) is 26.2. The van der Waals surface area contributed by atoms with Crippen molar-refractivity contribution in [2.45, 2.75) is 98.2 Å². The minimum atomic E-state index is -0.824. The van der Waals surface area contributed by atoms with E-state index in [4.69, 9.17) is 42.6 Å². The fourth-order valence-corrected chi connectivity index (χ4v) is 13.2. The van der Waals surface area contributed by atoms with Crippen molar-refractivity contribution in [2.24, 2.45) is 0 Å². The summed E-state index contributed by atoms with van der Waals surface area (Å²) in [4.78, 5) is 68.6. The molecular weight excluding hydrogens is 1530 g/mol. The van der Waals surface area contributed by atoms with Crippen LogP contribution >= 0.6 is 31.9 Å². The minimum Gasteiger partial charge on any atom is -0.481 e. The van der Waals surface area contributed by atoms with Crippen LogP contribution in [0.15, 0.2) is 113 Å².